The minimum Gasteiger partial charge on any atom is -0.497 e. The average Bonchev–Trinajstić information content (AvgIpc) is 3.10. The summed E-state index contributed by atoms with van der Waals surface area (Å²) in [5.41, 5.74) is 2.19. The van der Waals surface area contributed by atoms with Crippen molar-refractivity contribution >= 4 is 11.6 Å². The summed E-state index contributed by atoms with van der Waals surface area (Å²) in [5, 5.41) is 3.06. The molecule has 4 heteroatoms. The summed E-state index contributed by atoms with van der Waals surface area (Å²) in [5.74, 6) is 0.931. The molecule has 23 heavy (non-hydrogen) atoms. The van der Waals surface area contributed by atoms with E-state index in [1.807, 2.05) is 54.6 Å². The van der Waals surface area contributed by atoms with E-state index in [0.717, 1.165) is 36.4 Å². The van der Waals surface area contributed by atoms with Crippen LogP contribution in [0.3, 0.4) is 0 Å². The van der Waals surface area contributed by atoms with Gasteiger partial charge in [0.25, 0.3) is 0 Å². The van der Waals surface area contributed by atoms with Gasteiger partial charge in [-0.25, -0.2) is 0 Å². The molecule has 0 spiro atoms. The highest BCUT2D eigenvalue weighted by Gasteiger charge is 2.30. The number of benzene rings is 2. The van der Waals surface area contributed by atoms with Crippen LogP contribution in [0.15, 0.2) is 54.6 Å². The summed E-state index contributed by atoms with van der Waals surface area (Å²) < 4.78 is 5.20. The number of ether oxygens (including phenoxy) is 1. The first-order valence-electron chi connectivity index (χ1n) is 8.00. The second-order valence-corrected chi connectivity index (χ2v) is 5.75. The van der Waals surface area contributed by atoms with Crippen LogP contribution in [0.4, 0.5) is 5.69 Å². The van der Waals surface area contributed by atoms with Crippen molar-refractivity contribution in [3.05, 3.63) is 60.2 Å². The first kappa shape index (κ1) is 15.4. The van der Waals surface area contributed by atoms with Crippen LogP contribution in [0.1, 0.15) is 18.4 Å². The molecule has 1 heterocycles. The number of amides is 1. The van der Waals surface area contributed by atoms with E-state index in [1.54, 1.807) is 7.11 Å². The monoisotopic (exact) mass is 310 g/mol. The van der Waals surface area contributed by atoms with Crippen LogP contribution in [0.2, 0.25) is 0 Å². The summed E-state index contributed by atoms with van der Waals surface area (Å²) in [6, 6.07) is 17.8. The maximum Gasteiger partial charge on any atom is 0.242 e. The SMILES string of the molecule is COc1ccc(N2CCC[C@H]2C(=O)NCc2ccccc2)cc1. The van der Waals surface area contributed by atoms with E-state index in [0.29, 0.717) is 6.54 Å². The molecule has 4 nitrogen and oxygen atoms in total. The van der Waals surface area contributed by atoms with Crippen molar-refractivity contribution in [3.63, 3.8) is 0 Å². The Balaban J connectivity index is 1.64. The molecule has 1 aliphatic heterocycles. The fourth-order valence-electron chi connectivity index (χ4n) is 3.02. The summed E-state index contributed by atoms with van der Waals surface area (Å²) in [4.78, 5) is 14.7. The van der Waals surface area contributed by atoms with Gasteiger partial charge in [0.2, 0.25) is 5.91 Å². The molecule has 1 saturated heterocycles. The van der Waals surface area contributed by atoms with E-state index < -0.39 is 0 Å². The summed E-state index contributed by atoms with van der Waals surface area (Å²) in [6.07, 6.45) is 1.93. The number of hydrogen-bond acceptors (Lipinski definition) is 3. The smallest absolute Gasteiger partial charge is 0.242 e. The van der Waals surface area contributed by atoms with Crippen molar-refractivity contribution in [2.45, 2.75) is 25.4 Å². The number of carbonyl (C=O) groups is 1. The van der Waals surface area contributed by atoms with Crippen molar-refractivity contribution in [2.24, 2.45) is 0 Å². The number of carbonyl (C=O) groups excluding carboxylic acids is 1. The summed E-state index contributed by atoms with van der Waals surface area (Å²) >= 11 is 0. The average molecular weight is 310 g/mol. The van der Waals surface area contributed by atoms with E-state index in [4.69, 9.17) is 4.74 Å². The molecule has 3 rings (SSSR count). The standard InChI is InChI=1S/C19H22N2O2/c1-23-17-11-9-16(10-12-17)21-13-5-8-18(21)19(22)20-14-15-6-3-2-4-7-15/h2-4,6-7,9-12,18H,5,8,13-14H2,1H3,(H,20,22)/t18-/m0/s1. The maximum absolute atomic E-state index is 12.5. The van der Waals surface area contributed by atoms with Crippen LogP contribution in [0, 0.1) is 0 Å². The Kier molecular flexibility index (Phi) is 4.81. The number of methoxy groups -OCH3 is 1. The Bertz CT molecular complexity index is 640. The van der Waals surface area contributed by atoms with Crippen LogP contribution in [0.5, 0.6) is 5.75 Å². The maximum atomic E-state index is 12.5. The minimum atomic E-state index is -0.0906. The van der Waals surface area contributed by atoms with Gasteiger partial charge in [-0.05, 0) is 42.7 Å². The lowest BCUT2D eigenvalue weighted by atomic mass is 10.1. The molecule has 1 fully saturated rings. The minimum absolute atomic E-state index is 0.0906. The number of nitrogens with zero attached hydrogens (tertiary/aromatic N) is 1. The molecule has 120 valence electrons. The van der Waals surface area contributed by atoms with E-state index >= 15 is 0 Å². The highest BCUT2D eigenvalue weighted by atomic mass is 16.5. The van der Waals surface area contributed by atoms with Crippen molar-refractivity contribution in [1.82, 2.24) is 5.32 Å². The first-order valence-corrected chi connectivity index (χ1v) is 8.00. The molecule has 1 amide bonds. The number of nitrogens with one attached hydrogen (secondary N) is 1. The summed E-state index contributed by atoms with van der Waals surface area (Å²) in [6.45, 7) is 1.49. The van der Waals surface area contributed by atoms with Gasteiger partial charge < -0.3 is 15.0 Å². The summed E-state index contributed by atoms with van der Waals surface area (Å²) in [7, 11) is 1.66. The highest BCUT2D eigenvalue weighted by molar-refractivity contribution is 5.85. The van der Waals surface area contributed by atoms with Crippen LogP contribution in [0.25, 0.3) is 0 Å². The lowest BCUT2D eigenvalue weighted by Gasteiger charge is -2.26. The van der Waals surface area contributed by atoms with Crippen LogP contribution in [-0.4, -0.2) is 25.6 Å². The van der Waals surface area contributed by atoms with Crippen molar-refractivity contribution in [2.75, 3.05) is 18.6 Å². The number of hydrogen-bond donors (Lipinski definition) is 1. The van der Waals surface area contributed by atoms with Gasteiger partial charge in [0.05, 0.1) is 7.11 Å². The molecule has 0 aliphatic carbocycles. The molecule has 1 atom stereocenters. The van der Waals surface area contributed by atoms with Crippen molar-refractivity contribution in [3.8, 4) is 5.75 Å². The molecule has 1 aliphatic rings. The van der Waals surface area contributed by atoms with Gasteiger partial charge in [-0.2, -0.15) is 0 Å². The van der Waals surface area contributed by atoms with Gasteiger partial charge in [-0.1, -0.05) is 30.3 Å². The Morgan fingerprint density at radius 1 is 1.17 bits per heavy atom. The Morgan fingerprint density at radius 3 is 2.61 bits per heavy atom. The second-order valence-electron chi connectivity index (χ2n) is 5.75. The topological polar surface area (TPSA) is 41.6 Å². The fraction of sp³-hybridized carbons (Fsp3) is 0.316. The molecule has 2 aromatic carbocycles. The third-order valence-electron chi connectivity index (χ3n) is 4.27. The largest absolute Gasteiger partial charge is 0.497 e. The van der Waals surface area contributed by atoms with E-state index in [1.165, 1.54) is 0 Å². The fourth-order valence-corrected chi connectivity index (χ4v) is 3.02. The molecule has 1 N–H and O–H groups in total. The molecule has 0 radical (unpaired) electrons. The molecule has 0 bridgehead atoms. The third kappa shape index (κ3) is 3.65. The van der Waals surface area contributed by atoms with Crippen LogP contribution >= 0.6 is 0 Å². The van der Waals surface area contributed by atoms with E-state index in [-0.39, 0.29) is 11.9 Å². The van der Waals surface area contributed by atoms with Gasteiger partial charge in [0.1, 0.15) is 11.8 Å². The van der Waals surface area contributed by atoms with Gasteiger partial charge in [0.15, 0.2) is 0 Å². The molecule has 0 saturated carbocycles. The van der Waals surface area contributed by atoms with Crippen molar-refractivity contribution < 1.29 is 9.53 Å². The zero-order valence-electron chi connectivity index (χ0n) is 13.4. The number of rotatable bonds is 5. The van der Waals surface area contributed by atoms with Gasteiger partial charge in [-0.15, -0.1) is 0 Å². The third-order valence-corrected chi connectivity index (χ3v) is 4.27. The van der Waals surface area contributed by atoms with Crippen LogP contribution < -0.4 is 15.0 Å². The van der Waals surface area contributed by atoms with Gasteiger partial charge in [0, 0.05) is 18.8 Å². The molecule has 0 aromatic heterocycles. The molecule has 2 aromatic rings. The molecular formula is C19H22N2O2. The van der Waals surface area contributed by atoms with E-state index in [9.17, 15) is 4.79 Å². The lowest BCUT2D eigenvalue weighted by Crippen LogP contribution is -2.43. The predicted molar refractivity (Wildman–Crippen MR) is 91.7 cm³/mol. The zero-order valence-corrected chi connectivity index (χ0v) is 13.4. The zero-order chi connectivity index (χ0) is 16.1. The van der Waals surface area contributed by atoms with Crippen LogP contribution in [-0.2, 0) is 11.3 Å². The van der Waals surface area contributed by atoms with Gasteiger partial charge >= 0.3 is 0 Å². The van der Waals surface area contributed by atoms with Crippen molar-refractivity contribution in [1.29, 1.82) is 0 Å². The molecular weight excluding hydrogens is 288 g/mol. The Labute approximate surface area is 137 Å². The number of anilines is 1. The normalized spacial score (nSPS) is 17.1. The Morgan fingerprint density at radius 2 is 1.91 bits per heavy atom. The van der Waals surface area contributed by atoms with E-state index in [2.05, 4.69) is 10.2 Å². The second kappa shape index (κ2) is 7.18. The molecule has 0 unspecified atom stereocenters. The predicted octanol–water partition coefficient (Wildman–Crippen LogP) is 2.98. The first-order chi connectivity index (χ1) is 11.3. The lowest BCUT2D eigenvalue weighted by molar-refractivity contribution is -0.122. The van der Waals surface area contributed by atoms with Gasteiger partial charge in [-0.3, -0.25) is 4.79 Å². The Hall–Kier alpha value is -2.49. The highest BCUT2D eigenvalue weighted by Crippen LogP contribution is 2.27. The quantitative estimate of drug-likeness (QED) is 0.923.